The summed E-state index contributed by atoms with van der Waals surface area (Å²) in [4.78, 5) is 18.9. The third-order valence-electron chi connectivity index (χ3n) is 2.46. The predicted molar refractivity (Wildman–Crippen MR) is 62.3 cm³/mol. The lowest BCUT2D eigenvalue weighted by Crippen LogP contribution is -2.24. The number of aryl methyl sites for hydroxylation is 2. The number of aromatic nitrogens is 4. The molecular formula is C11H15N5O. The third-order valence-corrected chi connectivity index (χ3v) is 2.46. The molecule has 90 valence electrons. The lowest BCUT2D eigenvalue weighted by Gasteiger charge is -2.02. The molecule has 2 rings (SSSR count). The van der Waals surface area contributed by atoms with E-state index >= 15 is 0 Å². The Bertz CT molecular complexity index is 500. The predicted octanol–water partition coefficient (Wildman–Crippen LogP) is 0.636. The molecule has 0 unspecified atom stereocenters. The molecule has 2 heterocycles. The first-order valence-electron chi connectivity index (χ1n) is 5.49. The summed E-state index contributed by atoms with van der Waals surface area (Å²) >= 11 is 0. The fourth-order valence-electron chi connectivity index (χ4n) is 1.64. The van der Waals surface area contributed by atoms with Crippen LogP contribution in [0, 0.1) is 0 Å². The van der Waals surface area contributed by atoms with E-state index in [1.807, 2.05) is 14.0 Å². The Hall–Kier alpha value is -2.11. The molecule has 0 atom stereocenters. The first kappa shape index (κ1) is 11.4. The number of carbonyl (C=O) groups excluding carboxylic acids is 1. The van der Waals surface area contributed by atoms with Gasteiger partial charge in [-0.2, -0.15) is 5.10 Å². The van der Waals surface area contributed by atoms with Crippen molar-refractivity contribution in [3.63, 3.8) is 0 Å². The van der Waals surface area contributed by atoms with Crippen LogP contribution in [0.5, 0.6) is 0 Å². The maximum atomic E-state index is 11.9. The lowest BCUT2D eigenvalue weighted by atomic mass is 10.2. The summed E-state index contributed by atoms with van der Waals surface area (Å²) in [5, 5.41) is 7.03. The molecule has 0 aliphatic rings. The van der Waals surface area contributed by atoms with Crippen LogP contribution in [-0.2, 0) is 20.0 Å². The summed E-state index contributed by atoms with van der Waals surface area (Å²) in [6.07, 6.45) is 5.85. The van der Waals surface area contributed by atoms with Crippen LogP contribution in [-0.4, -0.2) is 25.7 Å². The number of nitrogens with one attached hydrogen (secondary N) is 2. The van der Waals surface area contributed by atoms with Crippen LogP contribution in [0.4, 0.5) is 0 Å². The Morgan fingerprint density at radius 1 is 1.59 bits per heavy atom. The van der Waals surface area contributed by atoms with Crippen molar-refractivity contribution >= 4 is 5.91 Å². The second-order valence-corrected chi connectivity index (χ2v) is 3.74. The summed E-state index contributed by atoms with van der Waals surface area (Å²) in [5.74, 6) is 0.617. The number of carbonyl (C=O) groups is 1. The zero-order chi connectivity index (χ0) is 12.3. The SMILES string of the molecule is CCc1nn(C)cc1C(=O)NCc1ncc[nH]1. The van der Waals surface area contributed by atoms with Gasteiger partial charge in [0.05, 0.1) is 17.8 Å². The van der Waals surface area contributed by atoms with Gasteiger partial charge in [0.2, 0.25) is 0 Å². The molecule has 2 N–H and O–H groups in total. The van der Waals surface area contributed by atoms with Crippen LogP contribution >= 0.6 is 0 Å². The first-order chi connectivity index (χ1) is 8.20. The number of rotatable bonds is 4. The van der Waals surface area contributed by atoms with Crippen LogP contribution in [0.2, 0.25) is 0 Å². The number of hydrogen-bond donors (Lipinski definition) is 2. The Balaban J connectivity index is 2.04. The lowest BCUT2D eigenvalue weighted by molar-refractivity contribution is 0.0949. The number of aromatic amines is 1. The molecular weight excluding hydrogens is 218 g/mol. The van der Waals surface area contributed by atoms with Crippen molar-refractivity contribution in [3.8, 4) is 0 Å². The molecule has 0 aliphatic carbocycles. The van der Waals surface area contributed by atoms with E-state index in [4.69, 9.17) is 0 Å². The Kier molecular flexibility index (Phi) is 3.22. The molecule has 6 nitrogen and oxygen atoms in total. The summed E-state index contributed by atoms with van der Waals surface area (Å²) in [5.41, 5.74) is 1.44. The highest BCUT2D eigenvalue weighted by atomic mass is 16.1. The summed E-state index contributed by atoms with van der Waals surface area (Å²) in [6.45, 7) is 2.37. The van der Waals surface area contributed by atoms with E-state index in [2.05, 4.69) is 20.4 Å². The topological polar surface area (TPSA) is 75.6 Å². The molecule has 0 aromatic carbocycles. The molecule has 0 aliphatic heterocycles. The van der Waals surface area contributed by atoms with Crippen molar-refractivity contribution < 1.29 is 4.79 Å². The van der Waals surface area contributed by atoms with E-state index in [0.29, 0.717) is 12.1 Å². The molecule has 2 aromatic rings. The van der Waals surface area contributed by atoms with E-state index < -0.39 is 0 Å². The quantitative estimate of drug-likeness (QED) is 0.813. The number of nitrogens with zero attached hydrogens (tertiary/aromatic N) is 3. The minimum absolute atomic E-state index is 0.119. The van der Waals surface area contributed by atoms with E-state index in [-0.39, 0.29) is 5.91 Å². The van der Waals surface area contributed by atoms with E-state index in [0.717, 1.165) is 17.9 Å². The molecule has 0 spiro atoms. The molecule has 1 amide bonds. The Labute approximate surface area is 99.1 Å². The van der Waals surface area contributed by atoms with Gasteiger partial charge >= 0.3 is 0 Å². The van der Waals surface area contributed by atoms with Gasteiger partial charge in [0, 0.05) is 25.6 Å². The van der Waals surface area contributed by atoms with Crippen LogP contribution in [0.25, 0.3) is 0 Å². The van der Waals surface area contributed by atoms with Gasteiger partial charge in [0.1, 0.15) is 5.82 Å². The average Bonchev–Trinajstić information content (AvgIpc) is 2.94. The molecule has 0 saturated heterocycles. The minimum Gasteiger partial charge on any atom is -0.347 e. The van der Waals surface area contributed by atoms with Crippen molar-refractivity contribution in [3.05, 3.63) is 35.7 Å². The highest BCUT2D eigenvalue weighted by molar-refractivity contribution is 5.95. The Morgan fingerprint density at radius 3 is 3.06 bits per heavy atom. The van der Waals surface area contributed by atoms with E-state index in [9.17, 15) is 4.79 Å². The van der Waals surface area contributed by atoms with Gasteiger partial charge in [-0.1, -0.05) is 6.92 Å². The number of H-pyrrole nitrogens is 1. The average molecular weight is 233 g/mol. The monoisotopic (exact) mass is 233 g/mol. The highest BCUT2D eigenvalue weighted by Gasteiger charge is 2.13. The second-order valence-electron chi connectivity index (χ2n) is 3.74. The molecule has 17 heavy (non-hydrogen) atoms. The summed E-state index contributed by atoms with van der Waals surface area (Å²) in [7, 11) is 1.81. The van der Waals surface area contributed by atoms with Crippen molar-refractivity contribution in [2.45, 2.75) is 19.9 Å². The van der Waals surface area contributed by atoms with Gasteiger partial charge in [-0.15, -0.1) is 0 Å². The van der Waals surface area contributed by atoms with Crippen molar-refractivity contribution in [2.75, 3.05) is 0 Å². The van der Waals surface area contributed by atoms with Gasteiger partial charge in [-0.3, -0.25) is 9.48 Å². The molecule has 6 heteroatoms. The minimum atomic E-state index is -0.119. The van der Waals surface area contributed by atoms with Gasteiger partial charge in [0.25, 0.3) is 5.91 Å². The van der Waals surface area contributed by atoms with E-state index in [1.54, 1.807) is 23.3 Å². The Morgan fingerprint density at radius 2 is 2.41 bits per heavy atom. The van der Waals surface area contributed by atoms with Gasteiger partial charge in [-0.05, 0) is 6.42 Å². The molecule has 0 radical (unpaired) electrons. The fourth-order valence-corrected chi connectivity index (χ4v) is 1.64. The van der Waals surface area contributed by atoms with Crippen LogP contribution in [0.15, 0.2) is 18.6 Å². The molecule has 2 aromatic heterocycles. The smallest absolute Gasteiger partial charge is 0.255 e. The first-order valence-corrected chi connectivity index (χ1v) is 5.49. The zero-order valence-corrected chi connectivity index (χ0v) is 9.90. The fraction of sp³-hybridized carbons (Fsp3) is 0.364. The number of imidazole rings is 1. The highest BCUT2D eigenvalue weighted by Crippen LogP contribution is 2.07. The second kappa shape index (κ2) is 4.82. The van der Waals surface area contributed by atoms with Crippen LogP contribution in [0.1, 0.15) is 28.8 Å². The van der Waals surface area contributed by atoms with Crippen molar-refractivity contribution in [1.29, 1.82) is 0 Å². The number of hydrogen-bond acceptors (Lipinski definition) is 3. The molecule has 0 fully saturated rings. The summed E-state index contributed by atoms with van der Waals surface area (Å²) < 4.78 is 1.65. The summed E-state index contributed by atoms with van der Waals surface area (Å²) in [6, 6.07) is 0. The van der Waals surface area contributed by atoms with Crippen molar-refractivity contribution in [2.24, 2.45) is 7.05 Å². The van der Waals surface area contributed by atoms with E-state index in [1.165, 1.54) is 0 Å². The maximum Gasteiger partial charge on any atom is 0.255 e. The standard InChI is InChI=1S/C11H15N5O/c1-3-9-8(7-16(2)15-9)11(17)14-6-10-12-4-5-13-10/h4-5,7H,3,6H2,1-2H3,(H,12,13)(H,14,17). The largest absolute Gasteiger partial charge is 0.347 e. The zero-order valence-electron chi connectivity index (χ0n) is 9.90. The van der Waals surface area contributed by atoms with Gasteiger partial charge in [-0.25, -0.2) is 4.98 Å². The van der Waals surface area contributed by atoms with Gasteiger partial charge < -0.3 is 10.3 Å². The maximum absolute atomic E-state index is 11.9. The number of amides is 1. The normalized spacial score (nSPS) is 10.5. The van der Waals surface area contributed by atoms with Crippen LogP contribution < -0.4 is 5.32 Å². The van der Waals surface area contributed by atoms with Crippen LogP contribution in [0.3, 0.4) is 0 Å². The molecule has 0 bridgehead atoms. The molecule has 0 saturated carbocycles. The van der Waals surface area contributed by atoms with Gasteiger partial charge in [0.15, 0.2) is 0 Å². The van der Waals surface area contributed by atoms with Crippen molar-refractivity contribution in [1.82, 2.24) is 25.1 Å². The third kappa shape index (κ3) is 2.52.